The van der Waals surface area contributed by atoms with Gasteiger partial charge in [-0.3, -0.25) is 0 Å². The summed E-state index contributed by atoms with van der Waals surface area (Å²) in [4.78, 5) is 0. The van der Waals surface area contributed by atoms with Gasteiger partial charge in [-0.25, -0.2) is 0 Å². The fraction of sp³-hybridized carbons (Fsp3) is 0.0714. The molecule has 3 nitrogen and oxygen atoms in total. The summed E-state index contributed by atoms with van der Waals surface area (Å²) in [6, 6.07) is 12.3. The largest absolute Gasteiger partial charge is 0.497 e. The number of methoxy groups -OCH3 is 1. The summed E-state index contributed by atoms with van der Waals surface area (Å²) >= 11 is 9.40. The summed E-state index contributed by atoms with van der Waals surface area (Å²) in [6.45, 7) is 0. The Hall–Kier alpha value is -1.70. The third-order valence-corrected chi connectivity index (χ3v) is 3.21. The topological polar surface area (TPSA) is 42.2 Å². The van der Waals surface area contributed by atoms with Crippen LogP contribution in [0.1, 0.15) is 5.56 Å². The van der Waals surface area contributed by atoms with Crippen LogP contribution in [-0.4, -0.2) is 7.11 Å². The standard InChI is InChI=1S/C14H9BrClNO2/c1-18-11-4-2-9(8-17)14(7-11)19-13-5-3-10(15)6-12(13)16/h2-7H,1H3. The fourth-order valence-electron chi connectivity index (χ4n) is 1.48. The van der Waals surface area contributed by atoms with Gasteiger partial charge in [-0.1, -0.05) is 27.5 Å². The van der Waals surface area contributed by atoms with Gasteiger partial charge in [-0.05, 0) is 30.3 Å². The number of ether oxygens (including phenoxy) is 2. The van der Waals surface area contributed by atoms with Gasteiger partial charge in [0.1, 0.15) is 23.3 Å². The fourth-order valence-corrected chi connectivity index (χ4v) is 2.19. The van der Waals surface area contributed by atoms with Crippen molar-refractivity contribution in [2.45, 2.75) is 0 Å². The Morgan fingerprint density at radius 2 is 1.95 bits per heavy atom. The molecule has 0 amide bonds. The molecular weight excluding hydrogens is 330 g/mol. The summed E-state index contributed by atoms with van der Waals surface area (Å²) in [7, 11) is 1.55. The molecular formula is C14H9BrClNO2. The predicted molar refractivity (Wildman–Crippen MR) is 76.9 cm³/mol. The third-order valence-electron chi connectivity index (χ3n) is 2.42. The average Bonchev–Trinajstić information content (AvgIpc) is 2.41. The van der Waals surface area contributed by atoms with Crippen molar-refractivity contribution >= 4 is 27.5 Å². The van der Waals surface area contributed by atoms with Gasteiger partial charge in [0.2, 0.25) is 0 Å². The number of nitriles is 1. The minimum atomic E-state index is 0.408. The van der Waals surface area contributed by atoms with Crippen LogP contribution in [0.25, 0.3) is 0 Å². The molecule has 0 aromatic heterocycles. The molecule has 0 aliphatic heterocycles. The second-order valence-corrected chi connectivity index (χ2v) is 4.97. The molecule has 0 heterocycles. The van der Waals surface area contributed by atoms with Crippen LogP contribution in [0, 0.1) is 11.3 Å². The highest BCUT2D eigenvalue weighted by Crippen LogP contribution is 2.34. The monoisotopic (exact) mass is 337 g/mol. The van der Waals surface area contributed by atoms with Crippen molar-refractivity contribution in [2.24, 2.45) is 0 Å². The molecule has 0 atom stereocenters. The Morgan fingerprint density at radius 3 is 2.58 bits per heavy atom. The molecule has 96 valence electrons. The Balaban J connectivity index is 2.39. The molecule has 2 rings (SSSR count). The zero-order valence-corrected chi connectivity index (χ0v) is 12.3. The van der Waals surface area contributed by atoms with Crippen LogP contribution >= 0.6 is 27.5 Å². The number of hydrogen-bond acceptors (Lipinski definition) is 3. The molecule has 0 aliphatic rings. The first-order chi connectivity index (χ1) is 9.13. The van der Waals surface area contributed by atoms with Crippen LogP contribution in [0.2, 0.25) is 5.02 Å². The first-order valence-electron chi connectivity index (χ1n) is 5.35. The van der Waals surface area contributed by atoms with Gasteiger partial charge in [0.05, 0.1) is 17.7 Å². The maximum atomic E-state index is 9.06. The molecule has 2 aromatic rings. The van der Waals surface area contributed by atoms with Gasteiger partial charge in [0.25, 0.3) is 0 Å². The van der Waals surface area contributed by atoms with Crippen LogP contribution < -0.4 is 9.47 Å². The molecule has 19 heavy (non-hydrogen) atoms. The zero-order chi connectivity index (χ0) is 13.8. The van der Waals surface area contributed by atoms with E-state index in [1.165, 1.54) is 0 Å². The normalized spacial score (nSPS) is 9.79. The lowest BCUT2D eigenvalue weighted by molar-refractivity contribution is 0.409. The Labute approximate surface area is 124 Å². The van der Waals surface area contributed by atoms with Crippen molar-refractivity contribution in [1.29, 1.82) is 5.26 Å². The van der Waals surface area contributed by atoms with E-state index in [1.54, 1.807) is 37.4 Å². The van der Waals surface area contributed by atoms with Crippen molar-refractivity contribution in [3.8, 4) is 23.3 Å². The van der Waals surface area contributed by atoms with E-state index in [0.717, 1.165) is 4.47 Å². The van der Waals surface area contributed by atoms with Crippen LogP contribution in [0.15, 0.2) is 40.9 Å². The summed E-state index contributed by atoms with van der Waals surface area (Å²) in [5.74, 6) is 1.50. The van der Waals surface area contributed by atoms with E-state index >= 15 is 0 Å². The van der Waals surface area contributed by atoms with Crippen molar-refractivity contribution < 1.29 is 9.47 Å². The number of nitrogens with zero attached hydrogens (tertiary/aromatic N) is 1. The number of rotatable bonds is 3. The molecule has 0 unspecified atom stereocenters. The Morgan fingerprint density at radius 1 is 1.16 bits per heavy atom. The first kappa shape index (κ1) is 13.7. The highest BCUT2D eigenvalue weighted by molar-refractivity contribution is 9.10. The lowest BCUT2D eigenvalue weighted by atomic mass is 10.2. The van der Waals surface area contributed by atoms with E-state index in [2.05, 4.69) is 22.0 Å². The van der Waals surface area contributed by atoms with Crippen LogP contribution in [0.5, 0.6) is 17.2 Å². The number of hydrogen-bond donors (Lipinski definition) is 0. The van der Waals surface area contributed by atoms with Crippen LogP contribution in [-0.2, 0) is 0 Å². The lowest BCUT2D eigenvalue weighted by Crippen LogP contribution is -1.91. The maximum absolute atomic E-state index is 9.06. The maximum Gasteiger partial charge on any atom is 0.148 e. The number of benzene rings is 2. The molecule has 0 bridgehead atoms. The molecule has 0 spiro atoms. The molecule has 2 aromatic carbocycles. The van der Waals surface area contributed by atoms with Crippen molar-refractivity contribution in [1.82, 2.24) is 0 Å². The van der Waals surface area contributed by atoms with E-state index in [-0.39, 0.29) is 0 Å². The molecule has 0 aliphatic carbocycles. The summed E-state index contributed by atoms with van der Waals surface area (Å²) in [5.41, 5.74) is 0.416. The van der Waals surface area contributed by atoms with E-state index in [4.69, 9.17) is 26.3 Å². The Kier molecular flexibility index (Phi) is 4.31. The second kappa shape index (κ2) is 5.96. The van der Waals surface area contributed by atoms with Gasteiger partial charge in [-0.15, -0.1) is 0 Å². The molecule has 0 saturated carbocycles. The quantitative estimate of drug-likeness (QED) is 0.809. The second-order valence-electron chi connectivity index (χ2n) is 3.65. The van der Waals surface area contributed by atoms with Crippen LogP contribution in [0.4, 0.5) is 0 Å². The zero-order valence-electron chi connectivity index (χ0n) is 9.98. The molecule has 0 saturated heterocycles. The molecule has 0 N–H and O–H groups in total. The highest BCUT2D eigenvalue weighted by Gasteiger charge is 2.09. The van der Waals surface area contributed by atoms with E-state index in [1.807, 2.05) is 6.07 Å². The van der Waals surface area contributed by atoms with Gasteiger partial charge >= 0.3 is 0 Å². The summed E-state index contributed by atoms with van der Waals surface area (Å²) < 4.78 is 11.6. The SMILES string of the molecule is COc1ccc(C#N)c(Oc2ccc(Br)cc2Cl)c1. The highest BCUT2D eigenvalue weighted by atomic mass is 79.9. The summed E-state index contributed by atoms with van der Waals surface area (Å²) in [6.07, 6.45) is 0. The molecule has 5 heteroatoms. The minimum Gasteiger partial charge on any atom is -0.497 e. The first-order valence-corrected chi connectivity index (χ1v) is 6.52. The van der Waals surface area contributed by atoms with Gasteiger partial charge in [0.15, 0.2) is 0 Å². The van der Waals surface area contributed by atoms with Gasteiger partial charge < -0.3 is 9.47 Å². The predicted octanol–water partition coefficient (Wildman–Crippen LogP) is 4.78. The van der Waals surface area contributed by atoms with Crippen molar-refractivity contribution in [3.05, 3.63) is 51.5 Å². The Bertz CT molecular complexity index is 652. The van der Waals surface area contributed by atoms with Crippen molar-refractivity contribution in [2.75, 3.05) is 7.11 Å². The minimum absolute atomic E-state index is 0.408. The molecule has 0 fully saturated rings. The smallest absolute Gasteiger partial charge is 0.148 e. The lowest BCUT2D eigenvalue weighted by Gasteiger charge is -2.10. The van der Waals surface area contributed by atoms with E-state index in [0.29, 0.717) is 27.8 Å². The van der Waals surface area contributed by atoms with E-state index < -0.39 is 0 Å². The van der Waals surface area contributed by atoms with E-state index in [9.17, 15) is 0 Å². The van der Waals surface area contributed by atoms with Gasteiger partial charge in [0, 0.05) is 10.5 Å². The van der Waals surface area contributed by atoms with Crippen LogP contribution in [0.3, 0.4) is 0 Å². The van der Waals surface area contributed by atoms with Gasteiger partial charge in [-0.2, -0.15) is 5.26 Å². The average molecular weight is 339 g/mol. The molecule has 0 radical (unpaired) electrons. The van der Waals surface area contributed by atoms with Crippen molar-refractivity contribution in [3.63, 3.8) is 0 Å². The summed E-state index contributed by atoms with van der Waals surface area (Å²) in [5, 5.41) is 9.52. The number of halogens is 2. The third kappa shape index (κ3) is 3.19.